The van der Waals surface area contributed by atoms with Gasteiger partial charge >= 0.3 is 6.03 Å². The van der Waals surface area contributed by atoms with E-state index < -0.39 is 0 Å². The second-order valence-electron chi connectivity index (χ2n) is 5.04. The summed E-state index contributed by atoms with van der Waals surface area (Å²) in [6, 6.07) is -0.0773. The summed E-state index contributed by atoms with van der Waals surface area (Å²) >= 11 is 1.51. The Morgan fingerprint density at radius 1 is 1.43 bits per heavy atom. The zero-order valence-corrected chi connectivity index (χ0v) is 14.5. The predicted octanol–water partition coefficient (Wildman–Crippen LogP) is 0.657. The van der Waals surface area contributed by atoms with Crippen LogP contribution in [0.15, 0.2) is 17.6 Å². The number of aryl methyl sites for hydroxylation is 2. The second kappa shape index (κ2) is 8.51. The van der Waals surface area contributed by atoms with Crippen molar-refractivity contribution in [1.82, 2.24) is 40.0 Å². The fraction of sp³-hybridized carbons (Fsp3) is 0.615. The third-order valence-corrected chi connectivity index (χ3v) is 4.24. The fourth-order valence-corrected chi connectivity index (χ4v) is 2.70. The molecule has 0 aliphatic heterocycles. The number of aromatic nitrogens is 6. The van der Waals surface area contributed by atoms with Crippen LogP contribution in [0.2, 0.25) is 0 Å². The van der Waals surface area contributed by atoms with Crippen LogP contribution in [-0.4, -0.2) is 59.5 Å². The molecule has 2 amide bonds. The molecule has 2 aromatic heterocycles. The number of hydrogen-bond acceptors (Lipinski definition) is 6. The van der Waals surface area contributed by atoms with Crippen LogP contribution < -0.4 is 5.32 Å². The highest BCUT2D eigenvalue weighted by Crippen LogP contribution is 2.11. The molecule has 0 aromatic carbocycles. The largest absolute Gasteiger partial charge is 0.337 e. The van der Waals surface area contributed by atoms with Gasteiger partial charge in [0, 0.05) is 45.3 Å². The Morgan fingerprint density at radius 3 is 2.87 bits per heavy atom. The van der Waals surface area contributed by atoms with Crippen LogP contribution in [0, 0.1) is 0 Å². The predicted molar refractivity (Wildman–Crippen MR) is 86.8 cm³/mol. The molecule has 10 heteroatoms. The van der Waals surface area contributed by atoms with Gasteiger partial charge in [-0.1, -0.05) is 18.7 Å². The average Bonchev–Trinajstić information content (AvgIpc) is 3.12. The lowest BCUT2D eigenvalue weighted by Crippen LogP contribution is -2.41. The number of rotatable bonds is 8. The van der Waals surface area contributed by atoms with E-state index in [4.69, 9.17) is 0 Å². The second-order valence-corrected chi connectivity index (χ2v) is 6.10. The van der Waals surface area contributed by atoms with Gasteiger partial charge in [-0.3, -0.25) is 0 Å². The molecule has 0 aliphatic rings. The Hall–Kier alpha value is -2.10. The van der Waals surface area contributed by atoms with Gasteiger partial charge in [-0.05, 0) is 16.8 Å². The molecule has 2 rings (SSSR count). The minimum absolute atomic E-state index is 0.0773. The molecule has 0 fully saturated rings. The SMILES string of the molecule is CCCN(Cc1nccn1C)C(=O)NCCSc1nnnn1C. The van der Waals surface area contributed by atoms with Crippen LogP contribution in [0.25, 0.3) is 0 Å². The summed E-state index contributed by atoms with van der Waals surface area (Å²) < 4.78 is 3.53. The molecule has 0 atom stereocenters. The van der Waals surface area contributed by atoms with E-state index in [1.54, 1.807) is 22.8 Å². The highest BCUT2D eigenvalue weighted by molar-refractivity contribution is 7.99. The Labute approximate surface area is 139 Å². The molecule has 2 aromatic rings. The molecule has 126 valence electrons. The van der Waals surface area contributed by atoms with Crippen molar-refractivity contribution < 1.29 is 4.79 Å². The van der Waals surface area contributed by atoms with Crippen molar-refractivity contribution in [2.24, 2.45) is 14.1 Å². The average molecular weight is 338 g/mol. The molecule has 0 spiro atoms. The lowest BCUT2D eigenvalue weighted by atomic mass is 10.4. The summed E-state index contributed by atoms with van der Waals surface area (Å²) in [7, 11) is 3.71. The quantitative estimate of drug-likeness (QED) is 0.561. The van der Waals surface area contributed by atoms with Crippen LogP contribution in [0.5, 0.6) is 0 Å². The maximum atomic E-state index is 12.3. The number of tetrazole rings is 1. The molecular weight excluding hydrogens is 316 g/mol. The van der Waals surface area contributed by atoms with Crippen molar-refractivity contribution in [2.75, 3.05) is 18.8 Å². The van der Waals surface area contributed by atoms with E-state index in [9.17, 15) is 4.79 Å². The summed E-state index contributed by atoms with van der Waals surface area (Å²) in [4.78, 5) is 18.4. The number of carbonyl (C=O) groups is 1. The molecule has 0 bridgehead atoms. The van der Waals surface area contributed by atoms with Gasteiger partial charge in [0.2, 0.25) is 5.16 Å². The van der Waals surface area contributed by atoms with Crippen LogP contribution in [0.3, 0.4) is 0 Å². The number of thioether (sulfide) groups is 1. The van der Waals surface area contributed by atoms with E-state index in [-0.39, 0.29) is 6.03 Å². The van der Waals surface area contributed by atoms with Crippen molar-refractivity contribution in [1.29, 1.82) is 0 Å². The number of imidazole rings is 1. The Morgan fingerprint density at radius 2 is 2.26 bits per heavy atom. The number of urea groups is 1. The van der Waals surface area contributed by atoms with Crippen molar-refractivity contribution in [2.45, 2.75) is 25.0 Å². The first-order valence-corrected chi connectivity index (χ1v) is 8.44. The molecule has 2 heterocycles. The molecule has 1 N–H and O–H groups in total. The monoisotopic (exact) mass is 338 g/mol. The summed E-state index contributed by atoms with van der Waals surface area (Å²) in [6.07, 6.45) is 4.52. The molecule has 23 heavy (non-hydrogen) atoms. The maximum absolute atomic E-state index is 12.3. The van der Waals surface area contributed by atoms with Gasteiger partial charge in [0.25, 0.3) is 0 Å². The molecule has 0 saturated carbocycles. The van der Waals surface area contributed by atoms with Gasteiger partial charge in [-0.2, -0.15) is 0 Å². The van der Waals surface area contributed by atoms with E-state index in [1.165, 1.54) is 11.8 Å². The minimum atomic E-state index is -0.0773. The molecule has 0 aliphatic carbocycles. The Kier molecular flexibility index (Phi) is 6.39. The smallest absolute Gasteiger partial charge is 0.317 e. The lowest BCUT2D eigenvalue weighted by Gasteiger charge is -2.22. The summed E-state index contributed by atoms with van der Waals surface area (Å²) in [5.41, 5.74) is 0. The number of amides is 2. The van der Waals surface area contributed by atoms with Crippen LogP contribution in [-0.2, 0) is 20.6 Å². The minimum Gasteiger partial charge on any atom is -0.337 e. The Bertz CT molecular complexity index is 625. The number of nitrogens with one attached hydrogen (secondary N) is 1. The first-order valence-electron chi connectivity index (χ1n) is 7.46. The van der Waals surface area contributed by atoms with Crippen molar-refractivity contribution in [3.63, 3.8) is 0 Å². The van der Waals surface area contributed by atoms with E-state index in [1.807, 2.05) is 17.8 Å². The molecular formula is C13H22N8OS. The zero-order valence-electron chi connectivity index (χ0n) is 13.6. The molecule has 0 unspecified atom stereocenters. The highest BCUT2D eigenvalue weighted by atomic mass is 32.2. The van der Waals surface area contributed by atoms with Crippen LogP contribution >= 0.6 is 11.8 Å². The van der Waals surface area contributed by atoms with Gasteiger partial charge in [0.05, 0.1) is 6.54 Å². The fourth-order valence-electron chi connectivity index (χ4n) is 2.00. The van der Waals surface area contributed by atoms with Crippen molar-refractivity contribution in [3.05, 3.63) is 18.2 Å². The molecule has 0 radical (unpaired) electrons. The molecule has 0 saturated heterocycles. The summed E-state index contributed by atoms with van der Waals surface area (Å²) in [5.74, 6) is 1.58. The maximum Gasteiger partial charge on any atom is 0.317 e. The van der Waals surface area contributed by atoms with E-state index >= 15 is 0 Å². The molecule has 9 nitrogen and oxygen atoms in total. The van der Waals surface area contributed by atoms with Crippen molar-refractivity contribution >= 4 is 17.8 Å². The first kappa shape index (κ1) is 17.3. The van der Waals surface area contributed by atoms with Crippen LogP contribution in [0.1, 0.15) is 19.2 Å². The third-order valence-electron chi connectivity index (χ3n) is 3.22. The van der Waals surface area contributed by atoms with Crippen LogP contribution in [0.4, 0.5) is 4.79 Å². The van der Waals surface area contributed by atoms with E-state index in [0.717, 1.165) is 17.4 Å². The van der Waals surface area contributed by atoms with Gasteiger partial charge < -0.3 is 14.8 Å². The number of hydrogen-bond donors (Lipinski definition) is 1. The summed E-state index contributed by atoms with van der Waals surface area (Å²) in [6.45, 7) is 3.80. The standard InChI is InChI=1S/C13H22N8OS/c1-4-7-21(10-11-14-5-8-19(11)2)12(22)15-6-9-23-13-16-17-18-20(13)3/h5,8H,4,6-7,9-10H2,1-3H3,(H,15,22). The topological polar surface area (TPSA) is 93.8 Å². The van der Waals surface area contributed by atoms with E-state index in [2.05, 4.69) is 32.7 Å². The number of carbonyl (C=O) groups excluding carboxylic acids is 1. The summed E-state index contributed by atoms with van der Waals surface area (Å²) in [5, 5.41) is 14.9. The highest BCUT2D eigenvalue weighted by Gasteiger charge is 2.14. The van der Waals surface area contributed by atoms with E-state index in [0.29, 0.717) is 25.4 Å². The third kappa shape index (κ3) is 4.95. The van der Waals surface area contributed by atoms with Gasteiger partial charge in [0.1, 0.15) is 5.82 Å². The van der Waals surface area contributed by atoms with Crippen molar-refractivity contribution in [3.8, 4) is 0 Å². The lowest BCUT2D eigenvalue weighted by molar-refractivity contribution is 0.194. The first-order chi connectivity index (χ1) is 11.1. The Balaban J connectivity index is 1.79. The normalized spacial score (nSPS) is 10.7. The van der Waals surface area contributed by atoms with Gasteiger partial charge in [-0.25, -0.2) is 14.5 Å². The van der Waals surface area contributed by atoms with Gasteiger partial charge in [0.15, 0.2) is 0 Å². The zero-order chi connectivity index (χ0) is 16.7. The number of nitrogens with zero attached hydrogens (tertiary/aromatic N) is 7. The van der Waals surface area contributed by atoms with Gasteiger partial charge in [-0.15, -0.1) is 5.10 Å².